The van der Waals surface area contributed by atoms with E-state index in [0.717, 1.165) is 41.5 Å². The number of ketones is 1. The molecule has 1 fully saturated rings. The number of carbonyl (C=O) groups excluding carboxylic acids is 2. The number of fused-ring (bicyclic) bond motifs is 1. The molecule has 1 unspecified atom stereocenters. The second-order valence-corrected chi connectivity index (χ2v) is 6.65. The average Bonchev–Trinajstić information content (AvgIpc) is 2.65. The molecule has 0 radical (unpaired) electrons. The zero-order valence-corrected chi connectivity index (χ0v) is 14.5. The lowest BCUT2D eigenvalue weighted by Gasteiger charge is -2.31. The van der Waals surface area contributed by atoms with Crippen molar-refractivity contribution in [2.45, 2.75) is 19.3 Å². The lowest BCUT2D eigenvalue weighted by molar-refractivity contribution is -0.118. The molecule has 0 aliphatic carbocycles. The Morgan fingerprint density at radius 3 is 2.72 bits per heavy atom. The van der Waals surface area contributed by atoms with Crippen LogP contribution in [-0.2, 0) is 4.79 Å². The predicted octanol–water partition coefficient (Wildman–Crippen LogP) is 2.62. The van der Waals surface area contributed by atoms with E-state index < -0.39 is 0 Å². The summed E-state index contributed by atoms with van der Waals surface area (Å²) in [6.45, 7) is 2.26. The molecule has 0 spiro atoms. The van der Waals surface area contributed by atoms with Crippen molar-refractivity contribution in [3.8, 4) is 5.75 Å². The van der Waals surface area contributed by atoms with Crippen LogP contribution in [0.3, 0.4) is 0 Å². The molecular formula is C20H24N2O3. The summed E-state index contributed by atoms with van der Waals surface area (Å²) in [7, 11) is 1.64. The SMILES string of the molecule is COc1ccc2cc(C(=O)C3CCCN(CCC(N)=O)C3)ccc2c1. The Morgan fingerprint density at radius 1 is 1.20 bits per heavy atom. The Kier molecular flexibility index (Phi) is 5.34. The van der Waals surface area contributed by atoms with Crippen molar-refractivity contribution < 1.29 is 14.3 Å². The van der Waals surface area contributed by atoms with E-state index in [2.05, 4.69) is 4.90 Å². The highest BCUT2D eigenvalue weighted by atomic mass is 16.5. The fraction of sp³-hybridized carbons (Fsp3) is 0.400. The molecule has 0 bridgehead atoms. The number of benzene rings is 2. The van der Waals surface area contributed by atoms with Gasteiger partial charge in [0.2, 0.25) is 5.91 Å². The van der Waals surface area contributed by atoms with Gasteiger partial charge in [-0.3, -0.25) is 9.59 Å². The first kappa shape index (κ1) is 17.4. The molecule has 1 heterocycles. The molecule has 2 aromatic carbocycles. The highest BCUT2D eigenvalue weighted by Gasteiger charge is 2.26. The smallest absolute Gasteiger partial charge is 0.218 e. The molecule has 3 rings (SSSR count). The van der Waals surface area contributed by atoms with Crippen LogP contribution in [-0.4, -0.2) is 43.3 Å². The molecule has 1 atom stereocenters. The molecule has 1 amide bonds. The van der Waals surface area contributed by atoms with Crippen LogP contribution in [0.15, 0.2) is 36.4 Å². The normalized spacial score (nSPS) is 18.2. The quantitative estimate of drug-likeness (QED) is 0.821. The molecule has 132 valence electrons. The van der Waals surface area contributed by atoms with Gasteiger partial charge in [-0.2, -0.15) is 0 Å². The Hall–Kier alpha value is -2.40. The number of likely N-dealkylation sites (tertiary alicyclic amines) is 1. The topological polar surface area (TPSA) is 72.6 Å². The molecule has 1 aliphatic rings. The number of nitrogens with two attached hydrogens (primary N) is 1. The zero-order chi connectivity index (χ0) is 17.8. The number of carbonyl (C=O) groups is 2. The van der Waals surface area contributed by atoms with E-state index in [-0.39, 0.29) is 17.6 Å². The summed E-state index contributed by atoms with van der Waals surface area (Å²) in [5.74, 6) is 0.682. The van der Waals surface area contributed by atoms with Crippen LogP contribution in [0.2, 0.25) is 0 Å². The van der Waals surface area contributed by atoms with Crippen LogP contribution in [0.1, 0.15) is 29.6 Å². The van der Waals surface area contributed by atoms with Gasteiger partial charge < -0.3 is 15.4 Å². The largest absolute Gasteiger partial charge is 0.497 e. The van der Waals surface area contributed by atoms with Gasteiger partial charge in [0, 0.05) is 31.0 Å². The number of hydrogen-bond acceptors (Lipinski definition) is 4. The number of rotatable bonds is 6. The molecule has 5 heteroatoms. The Morgan fingerprint density at radius 2 is 1.96 bits per heavy atom. The minimum absolute atomic E-state index is 0.0164. The minimum Gasteiger partial charge on any atom is -0.497 e. The summed E-state index contributed by atoms with van der Waals surface area (Å²) < 4.78 is 5.24. The van der Waals surface area contributed by atoms with Gasteiger partial charge in [0.15, 0.2) is 5.78 Å². The number of piperidine rings is 1. The second kappa shape index (κ2) is 7.66. The molecule has 2 N–H and O–H groups in total. The van der Waals surface area contributed by atoms with Gasteiger partial charge in [-0.1, -0.05) is 18.2 Å². The summed E-state index contributed by atoms with van der Waals surface area (Å²) >= 11 is 0. The van der Waals surface area contributed by atoms with E-state index >= 15 is 0 Å². The Bertz CT molecular complexity index is 788. The highest BCUT2D eigenvalue weighted by Crippen LogP contribution is 2.25. The molecule has 2 aromatic rings. The third-order valence-corrected chi connectivity index (χ3v) is 4.88. The van der Waals surface area contributed by atoms with E-state index in [0.29, 0.717) is 19.5 Å². The number of amides is 1. The van der Waals surface area contributed by atoms with Crippen molar-refractivity contribution in [1.82, 2.24) is 4.90 Å². The van der Waals surface area contributed by atoms with Crippen molar-refractivity contribution in [2.24, 2.45) is 11.7 Å². The third-order valence-electron chi connectivity index (χ3n) is 4.88. The maximum absolute atomic E-state index is 12.9. The first-order chi connectivity index (χ1) is 12.1. The van der Waals surface area contributed by atoms with Gasteiger partial charge in [-0.15, -0.1) is 0 Å². The summed E-state index contributed by atoms with van der Waals surface area (Å²) in [6.07, 6.45) is 2.21. The van der Waals surface area contributed by atoms with Gasteiger partial charge in [-0.05, 0) is 48.4 Å². The Balaban J connectivity index is 1.73. The van der Waals surface area contributed by atoms with Crippen LogP contribution in [0.4, 0.5) is 0 Å². The molecule has 1 aliphatic heterocycles. The lowest BCUT2D eigenvalue weighted by atomic mass is 9.89. The number of primary amides is 1. The van der Waals surface area contributed by atoms with Crippen LogP contribution >= 0.6 is 0 Å². The highest BCUT2D eigenvalue weighted by molar-refractivity contribution is 6.01. The molecule has 5 nitrogen and oxygen atoms in total. The maximum atomic E-state index is 12.9. The van der Waals surface area contributed by atoms with Crippen molar-refractivity contribution in [3.63, 3.8) is 0 Å². The van der Waals surface area contributed by atoms with Gasteiger partial charge in [0.05, 0.1) is 7.11 Å². The predicted molar refractivity (Wildman–Crippen MR) is 97.8 cm³/mol. The summed E-state index contributed by atoms with van der Waals surface area (Å²) in [5.41, 5.74) is 5.98. The number of nitrogens with zero attached hydrogens (tertiary/aromatic N) is 1. The maximum Gasteiger partial charge on any atom is 0.218 e. The number of ether oxygens (including phenoxy) is 1. The first-order valence-corrected chi connectivity index (χ1v) is 8.69. The molecule has 1 saturated heterocycles. The van der Waals surface area contributed by atoms with Gasteiger partial charge in [0.1, 0.15) is 5.75 Å². The first-order valence-electron chi connectivity index (χ1n) is 8.69. The van der Waals surface area contributed by atoms with Crippen LogP contribution < -0.4 is 10.5 Å². The van der Waals surface area contributed by atoms with E-state index in [1.165, 1.54) is 0 Å². The second-order valence-electron chi connectivity index (χ2n) is 6.65. The molecule has 0 saturated carbocycles. The third kappa shape index (κ3) is 4.17. The van der Waals surface area contributed by atoms with Gasteiger partial charge in [0.25, 0.3) is 0 Å². The van der Waals surface area contributed by atoms with Crippen molar-refractivity contribution in [2.75, 3.05) is 26.7 Å². The fourth-order valence-electron chi connectivity index (χ4n) is 3.48. The Labute approximate surface area is 147 Å². The van der Waals surface area contributed by atoms with E-state index in [4.69, 9.17) is 10.5 Å². The monoisotopic (exact) mass is 340 g/mol. The minimum atomic E-state index is -0.293. The number of Topliss-reactive ketones (excluding diaryl/α,β-unsaturated/α-hetero) is 1. The van der Waals surface area contributed by atoms with Crippen LogP contribution in [0.25, 0.3) is 10.8 Å². The average molecular weight is 340 g/mol. The number of methoxy groups -OCH3 is 1. The van der Waals surface area contributed by atoms with Gasteiger partial charge in [-0.25, -0.2) is 0 Å². The molecular weight excluding hydrogens is 316 g/mol. The van der Waals surface area contributed by atoms with Crippen molar-refractivity contribution in [3.05, 3.63) is 42.0 Å². The van der Waals surface area contributed by atoms with Crippen LogP contribution in [0.5, 0.6) is 5.75 Å². The summed E-state index contributed by atoms with van der Waals surface area (Å²) in [6, 6.07) is 11.7. The number of hydrogen-bond donors (Lipinski definition) is 1. The van der Waals surface area contributed by atoms with Gasteiger partial charge >= 0.3 is 0 Å². The molecule has 25 heavy (non-hydrogen) atoms. The summed E-state index contributed by atoms with van der Waals surface area (Å²) in [4.78, 5) is 26.0. The standard InChI is InChI=1S/C20H24N2O3/c1-25-18-7-6-14-11-16(5-4-15(14)12-18)20(24)17-3-2-9-22(13-17)10-8-19(21)23/h4-7,11-12,17H,2-3,8-10,13H2,1H3,(H2,21,23). The fourth-order valence-corrected chi connectivity index (χ4v) is 3.48. The van der Waals surface area contributed by atoms with E-state index in [1.807, 2.05) is 36.4 Å². The van der Waals surface area contributed by atoms with E-state index in [1.54, 1.807) is 7.11 Å². The zero-order valence-electron chi connectivity index (χ0n) is 14.5. The molecule has 0 aromatic heterocycles. The summed E-state index contributed by atoms with van der Waals surface area (Å²) in [5, 5.41) is 2.09. The van der Waals surface area contributed by atoms with Crippen molar-refractivity contribution >= 4 is 22.5 Å². The van der Waals surface area contributed by atoms with Crippen LogP contribution in [0, 0.1) is 5.92 Å². The van der Waals surface area contributed by atoms with Crippen molar-refractivity contribution in [1.29, 1.82) is 0 Å². The van der Waals surface area contributed by atoms with E-state index in [9.17, 15) is 9.59 Å². The lowest BCUT2D eigenvalue weighted by Crippen LogP contribution is -2.40.